The molecule has 0 aliphatic heterocycles. The summed E-state index contributed by atoms with van der Waals surface area (Å²) >= 11 is 5.23. The second-order valence-corrected chi connectivity index (χ2v) is 6.05. The molecule has 0 fully saturated rings. The standard InChI is InChI=1S/C18H13N5O2S/c1-11-16(24)23(18(26)21-20-11)22-15(12-7-3-2-4-8-12)19-14-10-6-5-9-13(14)17(22)25/h2-10H,1H3,(H,21,26). The molecule has 0 bridgehead atoms. The van der Waals surface area contributed by atoms with Crippen LogP contribution < -0.4 is 11.1 Å². The summed E-state index contributed by atoms with van der Waals surface area (Å²) in [6.07, 6.45) is 0. The maximum atomic E-state index is 13.2. The van der Waals surface area contributed by atoms with Gasteiger partial charge in [-0.05, 0) is 31.3 Å². The molecule has 2 heterocycles. The molecule has 26 heavy (non-hydrogen) atoms. The molecule has 128 valence electrons. The molecule has 0 atom stereocenters. The SMILES string of the molecule is Cc1n[nH]c(=S)n(-n2c(-c3ccccc3)nc3ccccc3c2=O)c1=O. The van der Waals surface area contributed by atoms with Crippen LogP contribution in [0.1, 0.15) is 5.69 Å². The fourth-order valence-corrected chi connectivity index (χ4v) is 2.95. The van der Waals surface area contributed by atoms with Gasteiger partial charge in [0.1, 0.15) is 5.69 Å². The van der Waals surface area contributed by atoms with E-state index in [2.05, 4.69) is 15.2 Å². The van der Waals surface area contributed by atoms with Gasteiger partial charge in [0, 0.05) is 5.56 Å². The van der Waals surface area contributed by atoms with Crippen molar-refractivity contribution in [3.8, 4) is 11.4 Å². The van der Waals surface area contributed by atoms with E-state index < -0.39 is 5.56 Å². The largest absolute Gasteiger partial charge is 0.295 e. The molecule has 0 spiro atoms. The minimum Gasteiger partial charge on any atom is -0.267 e. The Morgan fingerprint density at radius 2 is 1.62 bits per heavy atom. The van der Waals surface area contributed by atoms with Crippen LogP contribution in [0.15, 0.2) is 64.2 Å². The highest BCUT2D eigenvalue weighted by molar-refractivity contribution is 7.71. The molecule has 0 saturated heterocycles. The van der Waals surface area contributed by atoms with Crippen molar-refractivity contribution in [2.75, 3.05) is 0 Å². The van der Waals surface area contributed by atoms with Crippen LogP contribution in [-0.2, 0) is 0 Å². The van der Waals surface area contributed by atoms with Crippen molar-refractivity contribution in [1.82, 2.24) is 24.5 Å². The zero-order chi connectivity index (χ0) is 18.3. The van der Waals surface area contributed by atoms with E-state index in [1.54, 1.807) is 25.1 Å². The summed E-state index contributed by atoms with van der Waals surface area (Å²) in [5, 5.41) is 6.85. The molecular formula is C18H13N5O2S. The summed E-state index contributed by atoms with van der Waals surface area (Å²) in [6, 6.07) is 16.2. The normalized spacial score (nSPS) is 11.0. The molecule has 4 aromatic rings. The van der Waals surface area contributed by atoms with Gasteiger partial charge in [-0.3, -0.25) is 14.7 Å². The Bertz CT molecular complexity index is 1310. The van der Waals surface area contributed by atoms with Crippen molar-refractivity contribution in [1.29, 1.82) is 0 Å². The molecule has 0 saturated carbocycles. The summed E-state index contributed by atoms with van der Waals surface area (Å²) in [5.41, 5.74) is 0.553. The Balaban J connectivity index is 2.24. The van der Waals surface area contributed by atoms with Gasteiger partial charge < -0.3 is 0 Å². The van der Waals surface area contributed by atoms with Gasteiger partial charge >= 0.3 is 0 Å². The van der Waals surface area contributed by atoms with Crippen LogP contribution in [0.5, 0.6) is 0 Å². The van der Waals surface area contributed by atoms with Gasteiger partial charge in [-0.2, -0.15) is 14.5 Å². The number of nitrogens with one attached hydrogen (secondary N) is 1. The smallest absolute Gasteiger partial charge is 0.267 e. The summed E-state index contributed by atoms with van der Waals surface area (Å²) in [7, 11) is 0. The number of H-pyrrole nitrogens is 1. The van der Waals surface area contributed by atoms with Gasteiger partial charge in [-0.25, -0.2) is 4.98 Å². The summed E-state index contributed by atoms with van der Waals surface area (Å²) < 4.78 is 2.31. The Morgan fingerprint density at radius 1 is 0.923 bits per heavy atom. The fourth-order valence-electron chi connectivity index (χ4n) is 2.74. The van der Waals surface area contributed by atoms with Crippen molar-refractivity contribution in [3.05, 3.63) is 85.8 Å². The average Bonchev–Trinajstić information content (AvgIpc) is 2.67. The van der Waals surface area contributed by atoms with E-state index in [0.29, 0.717) is 22.3 Å². The third kappa shape index (κ3) is 2.47. The molecule has 4 rings (SSSR count). The number of hydrogen-bond acceptors (Lipinski definition) is 5. The number of benzene rings is 2. The molecule has 2 aromatic heterocycles. The Labute approximate surface area is 152 Å². The number of hydrogen-bond donors (Lipinski definition) is 1. The Morgan fingerprint density at radius 3 is 2.38 bits per heavy atom. The highest BCUT2D eigenvalue weighted by atomic mass is 32.1. The molecule has 8 heteroatoms. The quantitative estimate of drug-likeness (QED) is 0.552. The van der Waals surface area contributed by atoms with Gasteiger partial charge in [0.15, 0.2) is 5.82 Å². The van der Waals surface area contributed by atoms with E-state index in [4.69, 9.17) is 12.2 Å². The number of aromatic amines is 1. The first-order chi connectivity index (χ1) is 12.6. The van der Waals surface area contributed by atoms with Crippen LogP contribution in [0.2, 0.25) is 0 Å². The monoisotopic (exact) mass is 363 g/mol. The van der Waals surface area contributed by atoms with E-state index in [0.717, 1.165) is 4.68 Å². The van der Waals surface area contributed by atoms with Gasteiger partial charge in [0.05, 0.1) is 10.9 Å². The number of rotatable bonds is 2. The van der Waals surface area contributed by atoms with E-state index >= 15 is 0 Å². The lowest BCUT2D eigenvalue weighted by atomic mass is 10.2. The van der Waals surface area contributed by atoms with Crippen molar-refractivity contribution in [2.45, 2.75) is 6.92 Å². The number of aryl methyl sites for hydroxylation is 1. The summed E-state index contributed by atoms with van der Waals surface area (Å²) in [4.78, 5) is 30.5. The Kier molecular flexibility index (Phi) is 3.81. The number of aromatic nitrogens is 5. The Hall–Kier alpha value is -3.39. The zero-order valence-electron chi connectivity index (χ0n) is 13.7. The van der Waals surface area contributed by atoms with Gasteiger partial charge in [0.25, 0.3) is 11.1 Å². The highest BCUT2D eigenvalue weighted by Crippen LogP contribution is 2.18. The third-order valence-electron chi connectivity index (χ3n) is 4.00. The zero-order valence-corrected chi connectivity index (χ0v) is 14.5. The second-order valence-electron chi connectivity index (χ2n) is 5.67. The van der Waals surface area contributed by atoms with Gasteiger partial charge in [-0.1, -0.05) is 42.5 Å². The van der Waals surface area contributed by atoms with Crippen LogP contribution in [0.25, 0.3) is 22.3 Å². The van der Waals surface area contributed by atoms with E-state index in [9.17, 15) is 9.59 Å². The minimum absolute atomic E-state index is 0.0111. The lowest BCUT2D eigenvalue weighted by Crippen LogP contribution is -2.38. The van der Waals surface area contributed by atoms with Crippen LogP contribution in [0, 0.1) is 11.7 Å². The van der Waals surface area contributed by atoms with Crippen molar-refractivity contribution < 1.29 is 0 Å². The predicted octanol–water partition coefficient (Wildman–Crippen LogP) is 2.30. The van der Waals surface area contributed by atoms with Crippen LogP contribution in [0.4, 0.5) is 0 Å². The first-order valence-electron chi connectivity index (χ1n) is 7.84. The first kappa shape index (κ1) is 16.1. The summed E-state index contributed by atoms with van der Waals surface area (Å²) in [6.45, 7) is 1.55. The number of fused-ring (bicyclic) bond motifs is 1. The topological polar surface area (TPSA) is 85.6 Å². The lowest BCUT2D eigenvalue weighted by Gasteiger charge is -2.15. The molecule has 1 N–H and O–H groups in total. The highest BCUT2D eigenvalue weighted by Gasteiger charge is 2.17. The van der Waals surface area contributed by atoms with Crippen LogP contribution in [0.3, 0.4) is 0 Å². The fraction of sp³-hybridized carbons (Fsp3) is 0.0556. The summed E-state index contributed by atoms with van der Waals surface area (Å²) in [5.74, 6) is 0.321. The molecule has 0 aliphatic carbocycles. The molecular weight excluding hydrogens is 350 g/mol. The lowest BCUT2D eigenvalue weighted by molar-refractivity contribution is 0.564. The van der Waals surface area contributed by atoms with Gasteiger partial charge in [0.2, 0.25) is 4.77 Å². The molecule has 2 aromatic carbocycles. The third-order valence-corrected chi connectivity index (χ3v) is 4.26. The van der Waals surface area contributed by atoms with Crippen LogP contribution in [-0.4, -0.2) is 24.5 Å². The minimum atomic E-state index is -0.481. The van der Waals surface area contributed by atoms with Crippen molar-refractivity contribution in [2.24, 2.45) is 0 Å². The van der Waals surface area contributed by atoms with E-state index in [1.807, 2.05) is 36.4 Å². The van der Waals surface area contributed by atoms with Crippen LogP contribution >= 0.6 is 12.2 Å². The maximum absolute atomic E-state index is 13.2. The second kappa shape index (κ2) is 6.16. The van der Waals surface area contributed by atoms with E-state index in [-0.39, 0.29) is 16.0 Å². The molecule has 7 nitrogen and oxygen atoms in total. The number of nitrogens with zero attached hydrogens (tertiary/aromatic N) is 4. The van der Waals surface area contributed by atoms with Crippen molar-refractivity contribution in [3.63, 3.8) is 0 Å². The maximum Gasteiger partial charge on any atom is 0.295 e. The van der Waals surface area contributed by atoms with E-state index in [1.165, 1.54) is 4.68 Å². The molecule has 0 aliphatic rings. The van der Waals surface area contributed by atoms with Crippen molar-refractivity contribution >= 4 is 23.1 Å². The van der Waals surface area contributed by atoms with Gasteiger partial charge in [-0.15, -0.1) is 0 Å². The molecule has 0 amide bonds. The predicted molar refractivity (Wildman–Crippen MR) is 101 cm³/mol. The number of para-hydroxylation sites is 1. The average molecular weight is 363 g/mol. The molecule has 0 unspecified atom stereocenters. The molecule has 0 radical (unpaired) electrons. The first-order valence-corrected chi connectivity index (χ1v) is 8.25.